The molecule has 0 aromatic heterocycles. The first-order chi connectivity index (χ1) is 13.0. The molecule has 2 aromatic rings. The van der Waals surface area contributed by atoms with Crippen molar-refractivity contribution in [3.8, 4) is 11.5 Å². The van der Waals surface area contributed by atoms with E-state index >= 15 is 0 Å². The van der Waals surface area contributed by atoms with Gasteiger partial charge in [-0.1, -0.05) is 0 Å². The number of halogens is 2. The van der Waals surface area contributed by atoms with Crippen LogP contribution < -0.4 is 14.4 Å². The van der Waals surface area contributed by atoms with Gasteiger partial charge in [0.05, 0.1) is 20.3 Å². The fourth-order valence-electron chi connectivity index (χ4n) is 3.27. The third-order valence-corrected chi connectivity index (χ3v) is 4.90. The van der Waals surface area contributed by atoms with Crippen LogP contribution in [0.15, 0.2) is 36.4 Å². The van der Waals surface area contributed by atoms with Crippen molar-refractivity contribution >= 4 is 11.6 Å². The predicted octanol–water partition coefficient (Wildman–Crippen LogP) is 3.22. The van der Waals surface area contributed by atoms with E-state index in [4.69, 9.17) is 9.47 Å². The molecule has 0 unspecified atom stereocenters. The van der Waals surface area contributed by atoms with Crippen molar-refractivity contribution in [1.29, 1.82) is 0 Å². The van der Waals surface area contributed by atoms with Gasteiger partial charge in [-0.05, 0) is 43.3 Å². The quantitative estimate of drug-likeness (QED) is 0.804. The van der Waals surface area contributed by atoms with Crippen LogP contribution in [0.25, 0.3) is 0 Å². The van der Waals surface area contributed by atoms with Crippen molar-refractivity contribution < 1.29 is 23.0 Å². The van der Waals surface area contributed by atoms with E-state index in [-0.39, 0.29) is 23.8 Å². The van der Waals surface area contributed by atoms with E-state index in [2.05, 4.69) is 0 Å². The summed E-state index contributed by atoms with van der Waals surface area (Å²) in [5, 5.41) is 0. The van der Waals surface area contributed by atoms with Gasteiger partial charge in [-0.2, -0.15) is 0 Å². The number of amides is 1. The molecule has 27 heavy (non-hydrogen) atoms. The van der Waals surface area contributed by atoms with Crippen molar-refractivity contribution in [3.63, 3.8) is 0 Å². The number of ether oxygens (including phenoxy) is 2. The largest absolute Gasteiger partial charge is 0.497 e. The maximum absolute atomic E-state index is 14.3. The Morgan fingerprint density at radius 3 is 2.37 bits per heavy atom. The minimum atomic E-state index is -0.938. The maximum atomic E-state index is 14.3. The first-order valence-corrected chi connectivity index (χ1v) is 8.66. The van der Waals surface area contributed by atoms with E-state index in [9.17, 15) is 13.6 Å². The van der Waals surface area contributed by atoms with Gasteiger partial charge in [0.15, 0.2) is 11.6 Å². The normalized spacial score (nSPS) is 17.9. The Morgan fingerprint density at radius 1 is 1.04 bits per heavy atom. The summed E-state index contributed by atoms with van der Waals surface area (Å²) < 4.78 is 38.2. The van der Waals surface area contributed by atoms with Gasteiger partial charge in [-0.3, -0.25) is 9.69 Å². The van der Waals surface area contributed by atoms with Crippen LogP contribution in [0.1, 0.15) is 12.5 Å². The number of carbonyl (C=O) groups excluding carboxylic acids is 1. The van der Waals surface area contributed by atoms with Crippen LogP contribution in [-0.4, -0.2) is 44.2 Å². The molecule has 2 aromatic carbocycles. The van der Waals surface area contributed by atoms with Crippen molar-refractivity contribution in [2.45, 2.75) is 19.5 Å². The van der Waals surface area contributed by atoms with E-state index in [1.54, 1.807) is 31.1 Å². The molecular formula is C20H22F2N2O3. The maximum Gasteiger partial charge on any atom is 0.244 e. The van der Waals surface area contributed by atoms with Gasteiger partial charge in [-0.15, -0.1) is 0 Å². The number of methoxy groups -OCH3 is 2. The standard InChI is InChI=1S/C20H22F2N2O3/c1-13-20(25)24(14-4-6-15(26-2)7-5-14)11-10-23(13)12-16-18(27-3)9-8-17(21)19(16)22/h4-9,13H,10-12H2,1-3H3/t13-/m0/s1. The van der Waals surface area contributed by atoms with Gasteiger partial charge in [0.2, 0.25) is 5.91 Å². The van der Waals surface area contributed by atoms with Crippen molar-refractivity contribution in [1.82, 2.24) is 4.90 Å². The molecule has 0 bridgehead atoms. The van der Waals surface area contributed by atoms with Gasteiger partial charge in [-0.25, -0.2) is 8.78 Å². The second-order valence-corrected chi connectivity index (χ2v) is 6.38. The summed E-state index contributed by atoms with van der Waals surface area (Å²) >= 11 is 0. The van der Waals surface area contributed by atoms with Crippen LogP contribution >= 0.6 is 0 Å². The highest BCUT2D eigenvalue weighted by molar-refractivity contribution is 5.97. The number of benzene rings is 2. The van der Waals surface area contributed by atoms with Crippen LogP contribution in [0, 0.1) is 11.6 Å². The summed E-state index contributed by atoms with van der Waals surface area (Å²) in [7, 11) is 2.99. The van der Waals surface area contributed by atoms with Gasteiger partial charge >= 0.3 is 0 Å². The molecule has 1 aliphatic heterocycles. The molecule has 7 heteroatoms. The summed E-state index contributed by atoms with van der Waals surface area (Å²) in [6, 6.07) is 9.21. The Balaban J connectivity index is 1.78. The van der Waals surface area contributed by atoms with E-state index in [0.717, 1.165) is 11.8 Å². The molecule has 1 heterocycles. The van der Waals surface area contributed by atoms with Gasteiger partial charge < -0.3 is 14.4 Å². The second-order valence-electron chi connectivity index (χ2n) is 6.38. The van der Waals surface area contributed by atoms with Crippen molar-refractivity contribution in [2.24, 2.45) is 0 Å². The minimum absolute atomic E-state index is 0.0934. The average Bonchev–Trinajstić information content (AvgIpc) is 2.69. The number of nitrogens with zero attached hydrogens (tertiary/aromatic N) is 2. The number of carbonyl (C=O) groups is 1. The summed E-state index contributed by atoms with van der Waals surface area (Å²) in [5.74, 6) is -0.979. The summed E-state index contributed by atoms with van der Waals surface area (Å²) in [6.07, 6.45) is 0. The Labute approximate surface area is 157 Å². The highest BCUT2D eigenvalue weighted by Gasteiger charge is 2.33. The average molecular weight is 376 g/mol. The third kappa shape index (κ3) is 3.73. The number of hydrogen-bond donors (Lipinski definition) is 0. The highest BCUT2D eigenvalue weighted by Crippen LogP contribution is 2.28. The summed E-state index contributed by atoms with van der Waals surface area (Å²) in [6.45, 7) is 2.84. The SMILES string of the molecule is COc1ccc(N2CCN(Cc3c(OC)ccc(F)c3F)[C@@H](C)C2=O)cc1. The fourth-order valence-corrected chi connectivity index (χ4v) is 3.27. The smallest absolute Gasteiger partial charge is 0.244 e. The molecule has 1 fully saturated rings. The summed E-state index contributed by atoms with van der Waals surface area (Å²) in [4.78, 5) is 16.4. The molecule has 1 aliphatic rings. The lowest BCUT2D eigenvalue weighted by Crippen LogP contribution is -2.55. The summed E-state index contributed by atoms with van der Waals surface area (Å²) in [5.41, 5.74) is 0.900. The number of anilines is 1. The molecule has 0 radical (unpaired) electrons. The van der Waals surface area contributed by atoms with Crippen LogP contribution in [0.4, 0.5) is 14.5 Å². The van der Waals surface area contributed by atoms with E-state index in [1.165, 1.54) is 13.2 Å². The lowest BCUT2D eigenvalue weighted by molar-refractivity contribution is -0.125. The Kier molecular flexibility index (Phi) is 5.60. The first-order valence-electron chi connectivity index (χ1n) is 8.66. The van der Waals surface area contributed by atoms with Crippen molar-refractivity contribution in [3.05, 3.63) is 53.6 Å². The van der Waals surface area contributed by atoms with E-state index in [0.29, 0.717) is 18.8 Å². The fraction of sp³-hybridized carbons (Fsp3) is 0.350. The minimum Gasteiger partial charge on any atom is -0.497 e. The van der Waals surface area contributed by atoms with Crippen LogP contribution in [-0.2, 0) is 11.3 Å². The zero-order valence-corrected chi connectivity index (χ0v) is 15.5. The molecule has 0 aliphatic carbocycles. The first kappa shape index (κ1) is 19.1. The number of piperazine rings is 1. The third-order valence-electron chi connectivity index (χ3n) is 4.90. The molecule has 1 atom stereocenters. The molecule has 144 valence electrons. The Morgan fingerprint density at radius 2 is 1.74 bits per heavy atom. The lowest BCUT2D eigenvalue weighted by Gasteiger charge is -2.39. The van der Waals surface area contributed by atoms with E-state index in [1.807, 2.05) is 17.0 Å². The van der Waals surface area contributed by atoms with E-state index < -0.39 is 17.7 Å². The molecule has 3 rings (SSSR count). The Hall–Kier alpha value is -2.67. The molecule has 0 spiro atoms. The molecule has 5 nitrogen and oxygen atoms in total. The monoisotopic (exact) mass is 376 g/mol. The zero-order valence-electron chi connectivity index (χ0n) is 15.5. The van der Waals surface area contributed by atoms with Crippen molar-refractivity contribution in [2.75, 3.05) is 32.2 Å². The number of hydrogen-bond acceptors (Lipinski definition) is 4. The van der Waals surface area contributed by atoms with Gasteiger partial charge in [0, 0.05) is 30.9 Å². The highest BCUT2D eigenvalue weighted by atomic mass is 19.2. The number of rotatable bonds is 5. The van der Waals surface area contributed by atoms with Crippen LogP contribution in [0.2, 0.25) is 0 Å². The Bertz CT molecular complexity index is 827. The van der Waals surface area contributed by atoms with Gasteiger partial charge in [0.25, 0.3) is 0 Å². The predicted molar refractivity (Wildman–Crippen MR) is 98.1 cm³/mol. The second kappa shape index (κ2) is 7.92. The van der Waals surface area contributed by atoms with Crippen LogP contribution in [0.3, 0.4) is 0 Å². The molecule has 0 N–H and O–H groups in total. The molecule has 0 saturated carbocycles. The molecule has 1 amide bonds. The topological polar surface area (TPSA) is 42.0 Å². The molecule has 1 saturated heterocycles. The molecular weight excluding hydrogens is 354 g/mol. The lowest BCUT2D eigenvalue weighted by atomic mass is 10.1. The van der Waals surface area contributed by atoms with Crippen LogP contribution in [0.5, 0.6) is 11.5 Å². The van der Waals surface area contributed by atoms with Gasteiger partial charge in [0.1, 0.15) is 11.5 Å². The zero-order chi connectivity index (χ0) is 19.6.